The summed E-state index contributed by atoms with van der Waals surface area (Å²) >= 11 is 0. The lowest BCUT2D eigenvalue weighted by atomic mass is 9.83. The summed E-state index contributed by atoms with van der Waals surface area (Å²) < 4.78 is 0. The summed E-state index contributed by atoms with van der Waals surface area (Å²) in [7, 11) is 0. The molecule has 0 aliphatic heterocycles. The van der Waals surface area contributed by atoms with E-state index in [2.05, 4.69) is 38.1 Å². The molecular formula is C16H22O. The minimum atomic E-state index is 0.286. The number of hydrogen-bond donors (Lipinski definition) is 0. The van der Waals surface area contributed by atoms with E-state index in [1.807, 2.05) is 0 Å². The van der Waals surface area contributed by atoms with E-state index in [0.29, 0.717) is 11.7 Å². The molecule has 1 saturated carbocycles. The normalized spacial score (nSPS) is 20.9. The van der Waals surface area contributed by atoms with Crippen LogP contribution in [-0.4, -0.2) is 5.78 Å². The molecule has 1 nitrogen and oxygen atoms in total. The molecule has 0 N–H and O–H groups in total. The maximum Gasteiger partial charge on any atom is 0.136 e. The summed E-state index contributed by atoms with van der Waals surface area (Å²) in [5.41, 5.74) is 2.69. The number of benzene rings is 1. The largest absolute Gasteiger partial charge is 0.299 e. The van der Waals surface area contributed by atoms with Gasteiger partial charge in [0.1, 0.15) is 5.78 Å². The van der Waals surface area contributed by atoms with Crippen LogP contribution >= 0.6 is 0 Å². The molecule has 1 aliphatic rings. The molecule has 0 spiro atoms. The number of carbonyl (C=O) groups is 1. The summed E-state index contributed by atoms with van der Waals surface area (Å²) in [5.74, 6) is 1.35. The lowest BCUT2D eigenvalue weighted by Crippen LogP contribution is -2.21. The maximum atomic E-state index is 11.8. The molecule has 1 aliphatic carbocycles. The van der Waals surface area contributed by atoms with E-state index in [1.54, 1.807) is 0 Å². The van der Waals surface area contributed by atoms with Crippen molar-refractivity contribution >= 4 is 5.78 Å². The van der Waals surface area contributed by atoms with Crippen LogP contribution in [0.2, 0.25) is 0 Å². The van der Waals surface area contributed by atoms with E-state index in [0.717, 1.165) is 25.7 Å². The van der Waals surface area contributed by atoms with Crippen molar-refractivity contribution in [1.29, 1.82) is 0 Å². The zero-order valence-corrected chi connectivity index (χ0v) is 10.9. The number of ketones is 1. The SMILES string of the molecule is CC(C)c1ccc(CC2CCCCC2=O)cc1. The molecule has 1 aromatic carbocycles. The topological polar surface area (TPSA) is 17.1 Å². The van der Waals surface area contributed by atoms with Gasteiger partial charge in [0.2, 0.25) is 0 Å². The molecule has 1 atom stereocenters. The van der Waals surface area contributed by atoms with Gasteiger partial charge in [0.25, 0.3) is 0 Å². The highest BCUT2D eigenvalue weighted by atomic mass is 16.1. The summed E-state index contributed by atoms with van der Waals surface area (Å²) in [6.45, 7) is 4.42. The average Bonchev–Trinajstić information content (AvgIpc) is 2.33. The van der Waals surface area contributed by atoms with Gasteiger partial charge in [0.05, 0.1) is 0 Å². The highest BCUT2D eigenvalue weighted by Gasteiger charge is 2.22. The van der Waals surface area contributed by atoms with E-state index in [4.69, 9.17) is 0 Å². The Morgan fingerprint density at radius 1 is 1.18 bits per heavy atom. The Kier molecular flexibility index (Phi) is 3.98. The summed E-state index contributed by atoms with van der Waals surface area (Å²) in [6, 6.07) is 8.79. The Labute approximate surface area is 104 Å². The van der Waals surface area contributed by atoms with Crippen molar-refractivity contribution in [2.24, 2.45) is 5.92 Å². The third-order valence-electron chi connectivity index (χ3n) is 3.81. The number of rotatable bonds is 3. The van der Waals surface area contributed by atoms with Crippen molar-refractivity contribution in [1.82, 2.24) is 0 Å². The molecule has 2 rings (SSSR count). The van der Waals surface area contributed by atoms with Gasteiger partial charge in [0, 0.05) is 12.3 Å². The maximum absolute atomic E-state index is 11.8. The van der Waals surface area contributed by atoms with Crippen LogP contribution in [0.1, 0.15) is 56.6 Å². The van der Waals surface area contributed by atoms with Gasteiger partial charge in [-0.05, 0) is 36.3 Å². The Bertz CT molecular complexity index is 375. The summed E-state index contributed by atoms with van der Waals surface area (Å²) in [4.78, 5) is 11.8. The second kappa shape index (κ2) is 5.48. The highest BCUT2D eigenvalue weighted by molar-refractivity contribution is 5.81. The van der Waals surface area contributed by atoms with Gasteiger partial charge >= 0.3 is 0 Å². The van der Waals surface area contributed by atoms with Crippen LogP contribution in [0.15, 0.2) is 24.3 Å². The molecule has 1 unspecified atom stereocenters. The van der Waals surface area contributed by atoms with Crippen LogP contribution in [-0.2, 0) is 11.2 Å². The Hall–Kier alpha value is -1.11. The molecule has 0 radical (unpaired) electrons. The molecule has 0 amide bonds. The standard InChI is InChI=1S/C16H22O/c1-12(2)14-9-7-13(8-10-14)11-15-5-3-4-6-16(15)17/h7-10,12,15H,3-6,11H2,1-2H3. The summed E-state index contributed by atoms with van der Waals surface area (Å²) in [6.07, 6.45) is 5.15. The number of Topliss-reactive ketones (excluding diaryl/α,β-unsaturated/α-hetero) is 1. The predicted octanol–water partition coefficient (Wildman–Crippen LogP) is 4.11. The van der Waals surface area contributed by atoms with E-state index in [-0.39, 0.29) is 5.92 Å². The molecule has 1 fully saturated rings. The first-order valence-electron chi connectivity index (χ1n) is 6.78. The minimum Gasteiger partial charge on any atom is -0.299 e. The molecule has 0 aromatic heterocycles. The molecular weight excluding hydrogens is 208 g/mol. The highest BCUT2D eigenvalue weighted by Crippen LogP contribution is 2.25. The van der Waals surface area contributed by atoms with Gasteiger partial charge in [-0.1, -0.05) is 44.5 Å². The van der Waals surface area contributed by atoms with Crippen LogP contribution in [0.5, 0.6) is 0 Å². The van der Waals surface area contributed by atoms with Gasteiger partial charge in [-0.2, -0.15) is 0 Å². The van der Waals surface area contributed by atoms with Gasteiger partial charge in [-0.25, -0.2) is 0 Å². The molecule has 1 aromatic rings. The average molecular weight is 230 g/mol. The molecule has 0 bridgehead atoms. The third-order valence-corrected chi connectivity index (χ3v) is 3.81. The molecule has 92 valence electrons. The lowest BCUT2D eigenvalue weighted by Gasteiger charge is -2.20. The van der Waals surface area contributed by atoms with Gasteiger partial charge in [0.15, 0.2) is 0 Å². The van der Waals surface area contributed by atoms with Crippen molar-refractivity contribution in [3.63, 3.8) is 0 Å². The van der Waals surface area contributed by atoms with Crippen LogP contribution in [0.4, 0.5) is 0 Å². The zero-order chi connectivity index (χ0) is 12.3. The first-order chi connectivity index (χ1) is 8.16. The van der Waals surface area contributed by atoms with Crippen LogP contribution in [0, 0.1) is 5.92 Å². The molecule has 17 heavy (non-hydrogen) atoms. The Balaban J connectivity index is 2.00. The van der Waals surface area contributed by atoms with Crippen LogP contribution in [0.3, 0.4) is 0 Å². The van der Waals surface area contributed by atoms with Crippen molar-refractivity contribution in [3.8, 4) is 0 Å². The number of carbonyl (C=O) groups excluding carboxylic acids is 1. The van der Waals surface area contributed by atoms with Crippen LogP contribution < -0.4 is 0 Å². The molecule has 0 heterocycles. The summed E-state index contributed by atoms with van der Waals surface area (Å²) in [5, 5.41) is 0. The van der Waals surface area contributed by atoms with Gasteiger partial charge < -0.3 is 0 Å². The fraction of sp³-hybridized carbons (Fsp3) is 0.562. The minimum absolute atomic E-state index is 0.286. The first kappa shape index (κ1) is 12.3. The second-order valence-electron chi connectivity index (χ2n) is 5.51. The van der Waals surface area contributed by atoms with E-state index in [9.17, 15) is 4.79 Å². The fourth-order valence-corrected chi connectivity index (χ4v) is 2.59. The second-order valence-corrected chi connectivity index (χ2v) is 5.51. The zero-order valence-electron chi connectivity index (χ0n) is 10.9. The van der Waals surface area contributed by atoms with Crippen molar-refractivity contribution in [2.75, 3.05) is 0 Å². The number of hydrogen-bond acceptors (Lipinski definition) is 1. The smallest absolute Gasteiger partial charge is 0.136 e. The predicted molar refractivity (Wildman–Crippen MR) is 71.2 cm³/mol. The van der Waals surface area contributed by atoms with Crippen molar-refractivity contribution < 1.29 is 4.79 Å². The van der Waals surface area contributed by atoms with Crippen molar-refractivity contribution in [2.45, 2.75) is 51.9 Å². The Morgan fingerprint density at radius 3 is 2.47 bits per heavy atom. The van der Waals surface area contributed by atoms with Gasteiger partial charge in [-0.3, -0.25) is 4.79 Å². The van der Waals surface area contributed by atoms with Crippen molar-refractivity contribution in [3.05, 3.63) is 35.4 Å². The van der Waals surface area contributed by atoms with E-state index >= 15 is 0 Å². The van der Waals surface area contributed by atoms with E-state index < -0.39 is 0 Å². The fourth-order valence-electron chi connectivity index (χ4n) is 2.59. The van der Waals surface area contributed by atoms with Gasteiger partial charge in [-0.15, -0.1) is 0 Å². The van der Waals surface area contributed by atoms with E-state index in [1.165, 1.54) is 17.5 Å². The third kappa shape index (κ3) is 3.18. The monoisotopic (exact) mass is 230 g/mol. The quantitative estimate of drug-likeness (QED) is 0.763. The molecule has 0 saturated heterocycles. The van der Waals surface area contributed by atoms with Crippen LogP contribution in [0.25, 0.3) is 0 Å². The first-order valence-corrected chi connectivity index (χ1v) is 6.78. The lowest BCUT2D eigenvalue weighted by molar-refractivity contribution is -0.124. The Morgan fingerprint density at radius 2 is 1.88 bits per heavy atom. The molecule has 1 heteroatoms.